The molecule has 0 saturated carbocycles. The maximum atomic E-state index is 13.4. The van der Waals surface area contributed by atoms with E-state index in [-0.39, 0.29) is 26.9 Å². The number of ether oxygens (including phenoxy) is 1. The standard InChI is InChI=1S/C27H26Cl2NO8PS/c1-37-19-7-5-8-20(16-19)39(34,38-2)11-10-18-13-22(28)25(23(29)14-18)26(31)30-24(27(32)33)15-17-6-4-9-21(12-17)40(3,35)36/h4-14,16,24H,15H2,1-3H3,(H,30,31)(H,32,33)/b11-10+/t24-,39?/m0/s1. The summed E-state index contributed by atoms with van der Waals surface area (Å²) in [5.41, 5.74) is 0.658. The summed E-state index contributed by atoms with van der Waals surface area (Å²) >= 11 is 12.7. The van der Waals surface area contributed by atoms with E-state index in [0.29, 0.717) is 22.2 Å². The van der Waals surface area contributed by atoms with Gasteiger partial charge in [-0.3, -0.25) is 9.36 Å². The van der Waals surface area contributed by atoms with Crippen LogP contribution in [0.25, 0.3) is 6.08 Å². The Kier molecular flexibility index (Phi) is 10.2. The van der Waals surface area contributed by atoms with Gasteiger partial charge in [-0.25, -0.2) is 13.2 Å². The Labute approximate surface area is 242 Å². The van der Waals surface area contributed by atoms with Crippen molar-refractivity contribution in [2.24, 2.45) is 0 Å². The van der Waals surface area contributed by atoms with Crippen LogP contribution in [0.5, 0.6) is 5.75 Å². The number of carboxylic acid groups (broad SMARTS) is 1. The van der Waals surface area contributed by atoms with Crippen LogP contribution >= 0.6 is 30.6 Å². The molecule has 0 aliphatic carbocycles. The lowest BCUT2D eigenvalue weighted by atomic mass is 10.0. The van der Waals surface area contributed by atoms with Crippen molar-refractivity contribution in [3.8, 4) is 5.75 Å². The summed E-state index contributed by atoms with van der Waals surface area (Å²) in [7, 11) is -4.13. The largest absolute Gasteiger partial charge is 0.497 e. The lowest BCUT2D eigenvalue weighted by molar-refractivity contribution is -0.139. The summed E-state index contributed by atoms with van der Waals surface area (Å²) in [6.07, 6.45) is 2.34. The molecule has 0 fully saturated rings. The van der Waals surface area contributed by atoms with Gasteiger partial charge in [-0.15, -0.1) is 0 Å². The van der Waals surface area contributed by atoms with Gasteiger partial charge in [0.15, 0.2) is 9.84 Å². The number of halogens is 2. The average molecular weight is 626 g/mol. The second-order valence-corrected chi connectivity index (χ2v) is 13.8. The Balaban J connectivity index is 1.84. The van der Waals surface area contributed by atoms with E-state index in [0.717, 1.165) is 6.26 Å². The molecule has 9 nitrogen and oxygen atoms in total. The van der Waals surface area contributed by atoms with Crippen molar-refractivity contribution in [3.05, 3.63) is 93.2 Å². The number of hydrogen-bond donors (Lipinski definition) is 2. The van der Waals surface area contributed by atoms with Crippen LogP contribution in [0.3, 0.4) is 0 Å². The number of hydrogen-bond acceptors (Lipinski definition) is 7. The molecule has 1 amide bonds. The van der Waals surface area contributed by atoms with E-state index in [4.69, 9.17) is 32.5 Å². The van der Waals surface area contributed by atoms with Crippen LogP contribution in [0, 0.1) is 0 Å². The summed E-state index contributed by atoms with van der Waals surface area (Å²) in [6.45, 7) is 0. The molecule has 40 heavy (non-hydrogen) atoms. The summed E-state index contributed by atoms with van der Waals surface area (Å²) in [4.78, 5) is 24.9. The Hall–Kier alpha value is -3.14. The smallest absolute Gasteiger partial charge is 0.326 e. The number of sulfone groups is 1. The molecule has 0 spiro atoms. The molecule has 0 heterocycles. The van der Waals surface area contributed by atoms with Crippen molar-refractivity contribution >= 4 is 63.7 Å². The summed E-state index contributed by atoms with van der Waals surface area (Å²) in [6, 6.07) is 13.8. The number of amides is 1. The number of nitrogens with one attached hydrogen (secondary N) is 1. The highest BCUT2D eigenvalue weighted by molar-refractivity contribution is 7.90. The zero-order chi connectivity index (χ0) is 29.7. The number of benzene rings is 3. The lowest BCUT2D eigenvalue weighted by Gasteiger charge is -2.17. The van der Waals surface area contributed by atoms with E-state index in [9.17, 15) is 27.7 Å². The maximum absolute atomic E-state index is 13.4. The minimum Gasteiger partial charge on any atom is -0.497 e. The predicted octanol–water partition coefficient (Wildman–Crippen LogP) is 5.05. The predicted molar refractivity (Wildman–Crippen MR) is 155 cm³/mol. The number of carboxylic acids is 1. The quantitative estimate of drug-likeness (QED) is 0.282. The van der Waals surface area contributed by atoms with Crippen LogP contribution in [0.4, 0.5) is 0 Å². The highest BCUT2D eigenvalue weighted by Gasteiger charge is 2.25. The average Bonchev–Trinajstić information content (AvgIpc) is 2.90. The molecule has 212 valence electrons. The van der Waals surface area contributed by atoms with E-state index in [1.165, 1.54) is 56.4 Å². The van der Waals surface area contributed by atoms with Gasteiger partial charge in [0, 0.05) is 30.9 Å². The van der Waals surface area contributed by atoms with Crippen molar-refractivity contribution in [1.82, 2.24) is 5.32 Å². The van der Waals surface area contributed by atoms with Crippen molar-refractivity contribution in [2.75, 3.05) is 20.5 Å². The Bertz CT molecular complexity index is 1600. The van der Waals surface area contributed by atoms with Crippen LogP contribution in [0.1, 0.15) is 21.5 Å². The van der Waals surface area contributed by atoms with E-state index < -0.39 is 35.1 Å². The van der Waals surface area contributed by atoms with E-state index in [1.807, 2.05) is 0 Å². The third-order valence-corrected chi connectivity index (χ3v) is 9.60. The van der Waals surface area contributed by atoms with Gasteiger partial charge >= 0.3 is 5.97 Å². The first-order chi connectivity index (χ1) is 18.8. The molecule has 0 aliphatic heterocycles. The summed E-state index contributed by atoms with van der Waals surface area (Å²) in [5.74, 6) is -0.296. The monoisotopic (exact) mass is 625 g/mol. The van der Waals surface area contributed by atoms with Gasteiger partial charge < -0.3 is 19.7 Å². The molecular weight excluding hydrogens is 600 g/mol. The molecule has 0 aliphatic rings. The van der Waals surface area contributed by atoms with Gasteiger partial charge in [-0.1, -0.05) is 41.4 Å². The molecule has 3 aromatic carbocycles. The van der Waals surface area contributed by atoms with Crippen LogP contribution in [-0.4, -0.2) is 51.9 Å². The van der Waals surface area contributed by atoms with Crippen LogP contribution in [-0.2, 0) is 30.1 Å². The summed E-state index contributed by atoms with van der Waals surface area (Å²) in [5, 5.41) is 12.3. The Morgan fingerprint density at radius 3 is 2.27 bits per heavy atom. The minimum atomic E-state index is -3.50. The Morgan fingerprint density at radius 1 is 1.05 bits per heavy atom. The molecule has 13 heteroatoms. The number of carbonyl (C=O) groups excluding carboxylic acids is 1. The first-order valence-electron chi connectivity index (χ1n) is 11.6. The zero-order valence-corrected chi connectivity index (χ0v) is 24.9. The molecule has 3 aromatic rings. The molecule has 0 aromatic heterocycles. The van der Waals surface area contributed by atoms with Crippen molar-refractivity contribution in [3.63, 3.8) is 0 Å². The molecule has 0 radical (unpaired) electrons. The van der Waals surface area contributed by atoms with Gasteiger partial charge in [-0.05, 0) is 59.7 Å². The van der Waals surface area contributed by atoms with E-state index >= 15 is 0 Å². The third-order valence-electron chi connectivity index (χ3n) is 5.81. The highest BCUT2D eigenvalue weighted by Crippen LogP contribution is 2.47. The van der Waals surface area contributed by atoms with Crippen molar-refractivity contribution in [1.29, 1.82) is 0 Å². The van der Waals surface area contributed by atoms with Gasteiger partial charge in [-0.2, -0.15) is 0 Å². The second-order valence-electron chi connectivity index (χ2n) is 8.64. The van der Waals surface area contributed by atoms with Crippen molar-refractivity contribution in [2.45, 2.75) is 17.4 Å². The maximum Gasteiger partial charge on any atom is 0.326 e. The second kappa shape index (κ2) is 13.0. The van der Waals surface area contributed by atoms with Gasteiger partial charge in [0.1, 0.15) is 11.8 Å². The van der Waals surface area contributed by atoms with Crippen LogP contribution in [0.2, 0.25) is 10.0 Å². The number of rotatable bonds is 11. The number of carbonyl (C=O) groups is 2. The molecule has 0 bridgehead atoms. The van der Waals surface area contributed by atoms with Crippen LogP contribution in [0.15, 0.2) is 71.4 Å². The molecule has 0 saturated heterocycles. The third kappa shape index (κ3) is 7.74. The van der Waals surface area contributed by atoms with Gasteiger partial charge in [0.05, 0.1) is 27.6 Å². The molecular formula is C27H26Cl2NO8PS. The summed E-state index contributed by atoms with van der Waals surface area (Å²) < 4.78 is 47.6. The Morgan fingerprint density at radius 2 is 1.70 bits per heavy atom. The number of methoxy groups -OCH3 is 1. The van der Waals surface area contributed by atoms with Crippen molar-refractivity contribution < 1.29 is 36.9 Å². The lowest BCUT2D eigenvalue weighted by Crippen LogP contribution is -2.42. The zero-order valence-electron chi connectivity index (χ0n) is 21.6. The fraction of sp³-hybridized carbons (Fsp3) is 0.185. The normalized spacial score (nSPS) is 13.9. The van der Waals surface area contributed by atoms with Gasteiger partial charge in [0.2, 0.25) is 0 Å². The fourth-order valence-corrected chi connectivity index (χ4v) is 6.56. The van der Waals surface area contributed by atoms with E-state index in [2.05, 4.69) is 5.32 Å². The topological polar surface area (TPSA) is 136 Å². The molecule has 2 N–H and O–H groups in total. The van der Waals surface area contributed by atoms with E-state index in [1.54, 1.807) is 30.3 Å². The van der Waals surface area contributed by atoms with Gasteiger partial charge in [0.25, 0.3) is 13.3 Å². The fourth-order valence-electron chi connectivity index (χ4n) is 3.72. The molecule has 1 unspecified atom stereocenters. The highest BCUT2D eigenvalue weighted by atomic mass is 35.5. The first kappa shape index (κ1) is 31.4. The number of aliphatic carboxylic acids is 1. The minimum absolute atomic E-state index is 0.0274. The molecule has 2 atom stereocenters. The molecule has 3 rings (SSSR count). The SMILES string of the molecule is COc1cccc(P(=O)(/C=C/c2cc(Cl)c(C(=O)N[C@@H](Cc3cccc(S(C)(=O)=O)c3)C(=O)O)c(Cl)c2)OC)c1. The first-order valence-corrected chi connectivity index (χ1v) is 15.9. The van der Waals surface area contributed by atoms with Crippen LogP contribution < -0.4 is 15.4 Å².